The topological polar surface area (TPSA) is 140 Å². The van der Waals surface area contributed by atoms with E-state index in [-0.39, 0.29) is 11.3 Å². The highest BCUT2D eigenvalue weighted by Crippen LogP contribution is 2.20. The van der Waals surface area contributed by atoms with Gasteiger partial charge in [-0.05, 0) is 48.9 Å². The SMILES string of the molecule is CCOc1ccc(-c2cncc(C(=O)NN=Cc3cccc(C(=O)NS(C)(=O)=O)c3)n2)cc1. The molecule has 3 rings (SSSR count). The van der Waals surface area contributed by atoms with E-state index in [4.69, 9.17) is 4.74 Å². The number of ether oxygens (including phenoxy) is 1. The number of aromatic nitrogens is 2. The first kappa shape index (κ1) is 23.5. The van der Waals surface area contributed by atoms with Gasteiger partial charge in [0.2, 0.25) is 10.0 Å². The van der Waals surface area contributed by atoms with Crippen molar-refractivity contribution in [2.24, 2.45) is 5.10 Å². The van der Waals surface area contributed by atoms with Crippen LogP contribution in [0, 0.1) is 0 Å². The fourth-order valence-corrected chi connectivity index (χ4v) is 3.17. The van der Waals surface area contributed by atoms with Crippen molar-refractivity contribution in [3.05, 3.63) is 77.7 Å². The molecular formula is C22H21N5O5S. The summed E-state index contributed by atoms with van der Waals surface area (Å²) in [5.74, 6) is -0.606. The summed E-state index contributed by atoms with van der Waals surface area (Å²) in [6, 6.07) is 13.3. The summed E-state index contributed by atoms with van der Waals surface area (Å²) in [6.45, 7) is 2.46. The van der Waals surface area contributed by atoms with Gasteiger partial charge in [-0.25, -0.2) is 23.5 Å². The Kier molecular flexibility index (Phi) is 7.46. The average Bonchev–Trinajstić information content (AvgIpc) is 2.79. The first-order valence-corrected chi connectivity index (χ1v) is 11.6. The number of carbonyl (C=O) groups is 2. The average molecular weight is 468 g/mol. The molecule has 0 saturated heterocycles. The van der Waals surface area contributed by atoms with E-state index in [0.717, 1.165) is 17.6 Å². The maximum absolute atomic E-state index is 12.4. The van der Waals surface area contributed by atoms with Gasteiger partial charge < -0.3 is 4.74 Å². The second-order valence-corrected chi connectivity index (χ2v) is 8.52. The van der Waals surface area contributed by atoms with Crippen molar-refractivity contribution in [1.82, 2.24) is 20.1 Å². The quantitative estimate of drug-likeness (QED) is 0.381. The summed E-state index contributed by atoms with van der Waals surface area (Å²) in [7, 11) is -3.68. The van der Waals surface area contributed by atoms with E-state index in [1.165, 1.54) is 24.5 Å². The van der Waals surface area contributed by atoms with E-state index in [0.29, 0.717) is 17.9 Å². The van der Waals surface area contributed by atoms with Crippen LogP contribution in [-0.2, 0) is 10.0 Å². The Hall–Kier alpha value is -4.12. The molecule has 1 heterocycles. The van der Waals surface area contributed by atoms with Gasteiger partial charge in [0.15, 0.2) is 0 Å². The number of hydrogen-bond acceptors (Lipinski definition) is 8. The normalized spacial score (nSPS) is 11.2. The number of sulfonamides is 1. The van der Waals surface area contributed by atoms with Crippen LogP contribution in [0.3, 0.4) is 0 Å². The molecule has 2 aromatic carbocycles. The monoisotopic (exact) mass is 467 g/mol. The molecule has 1 aromatic heterocycles. The minimum atomic E-state index is -3.68. The van der Waals surface area contributed by atoms with E-state index in [1.54, 1.807) is 18.3 Å². The van der Waals surface area contributed by atoms with Crippen LogP contribution >= 0.6 is 0 Å². The van der Waals surface area contributed by atoms with Crippen molar-refractivity contribution in [2.75, 3.05) is 12.9 Å². The van der Waals surface area contributed by atoms with Crippen molar-refractivity contribution < 1.29 is 22.7 Å². The second kappa shape index (κ2) is 10.5. The lowest BCUT2D eigenvalue weighted by atomic mass is 10.1. The van der Waals surface area contributed by atoms with Gasteiger partial charge in [-0.15, -0.1) is 0 Å². The predicted octanol–water partition coefficient (Wildman–Crippen LogP) is 2.00. The van der Waals surface area contributed by atoms with Crippen molar-refractivity contribution >= 4 is 28.1 Å². The molecule has 3 aromatic rings. The molecule has 0 saturated carbocycles. The molecule has 0 aliphatic heterocycles. The van der Waals surface area contributed by atoms with Gasteiger partial charge in [0.25, 0.3) is 11.8 Å². The summed E-state index contributed by atoms with van der Waals surface area (Å²) >= 11 is 0. The van der Waals surface area contributed by atoms with Crippen molar-refractivity contribution in [2.45, 2.75) is 6.92 Å². The molecule has 0 bridgehead atoms. The number of rotatable bonds is 8. The first-order chi connectivity index (χ1) is 15.7. The van der Waals surface area contributed by atoms with E-state index in [9.17, 15) is 18.0 Å². The summed E-state index contributed by atoms with van der Waals surface area (Å²) in [5, 5.41) is 3.87. The van der Waals surface area contributed by atoms with Gasteiger partial charge in [-0.2, -0.15) is 5.10 Å². The van der Waals surface area contributed by atoms with Crippen LogP contribution in [0.2, 0.25) is 0 Å². The van der Waals surface area contributed by atoms with Crippen LogP contribution in [0.1, 0.15) is 33.3 Å². The minimum Gasteiger partial charge on any atom is -0.494 e. The van der Waals surface area contributed by atoms with E-state index < -0.39 is 21.8 Å². The summed E-state index contributed by atoms with van der Waals surface area (Å²) in [5.41, 5.74) is 4.31. The molecule has 2 N–H and O–H groups in total. The highest BCUT2D eigenvalue weighted by molar-refractivity contribution is 7.89. The molecule has 10 nitrogen and oxygen atoms in total. The fourth-order valence-electron chi connectivity index (χ4n) is 2.71. The van der Waals surface area contributed by atoms with E-state index in [2.05, 4.69) is 20.5 Å². The number of nitrogens with zero attached hydrogens (tertiary/aromatic N) is 3. The lowest BCUT2D eigenvalue weighted by molar-refractivity contribution is 0.0947. The Morgan fingerprint density at radius 1 is 1.09 bits per heavy atom. The minimum absolute atomic E-state index is 0.0693. The van der Waals surface area contributed by atoms with Gasteiger partial charge >= 0.3 is 0 Å². The van der Waals surface area contributed by atoms with Gasteiger partial charge in [0.1, 0.15) is 11.4 Å². The number of nitrogens with one attached hydrogen (secondary N) is 2. The van der Waals surface area contributed by atoms with Crippen LogP contribution < -0.4 is 14.9 Å². The third-order valence-corrected chi connectivity index (χ3v) is 4.69. The molecule has 33 heavy (non-hydrogen) atoms. The van der Waals surface area contributed by atoms with Crippen LogP contribution in [0.25, 0.3) is 11.3 Å². The number of benzene rings is 2. The summed E-state index contributed by atoms with van der Waals surface area (Å²) < 4.78 is 29.7. The second-order valence-electron chi connectivity index (χ2n) is 6.77. The molecular weight excluding hydrogens is 446 g/mol. The van der Waals surface area contributed by atoms with Crippen LogP contribution in [0.15, 0.2) is 66.0 Å². The third-order valence-electron chi connectivity index (χ3n) is 4.13. The highest BCUT2D eigenvalue weighted by atomic mass is 32.2. The third kappa shape index (κ3) is 6.94. The molecule has 0 unspecified atom stereocenters. The zero-order valence-electron chi connectivity index (χ0n) is 17.8. The fraction of sp³-hybridized carbons (Fsp3) is 0.136. The number of carbonyl (C=O) groups excluding carboxylic acids is 2. The van der Waals surface area contributed by atoms with E-state index >= 15 is 0 Å². The molecule has 0 aliphatic carbocycles. The van der Waals surface area contributed by atoms with Gasteiger partial charge in [0.05, 0.1) is 37.2 Å². The lowest BCUT2D eigenvalue weighted by Gasteiger charge is -2.06. The van der Waals surface area contributed by atoms with Crippen LogP contribution in [0.4, 0.5) is 0 Å². The Bertz CT molecular complexity index is 1290. The largest absolute Gasteiger partial charge is 0.494 e. The maximum atomic E-state index is 12.4. The van der Waals surface area contributed by atoms with Crippen LogP contribution in [-0.4, -0.2) is 49.3 Å². The number of hydrogen-bond donors (Lipinski definition) is 2. The standard InChI is InChI=1S/C22H21N5O5S/c1-3-32-18-9-7-16(8-10-18)19-13-23-14-20(25-19)22(29)26-24-12-15-5-4-6-17(11-15)21(28)27-33(2,30)31/h4-14H,3H2,1-2H3,(H,26,29)(H,27,28). The van der Waals surface area contributed by atoms with Crippen molar-refractivity contribution in [1.29, 1.82) is 0 Å². The smallest absolute Gasteiger partial charge is 0.291 e. The van der Waals surface area contributed by atoms with Gasteiger partial charge in [-0.1, -0.05) is 12.1 Å². The van der Waals surface area contributed by atoms with Crippen molar-refractivity contribution in [3.8, 4) is 17.0 Å². The summed E-state index contributed by atoms with van der Waals surface area (Å²) in [4.78, 5) is 32.7. The Labute approximate surface area is 190 Å². The first-order valence-electron chi connectivity index (χ1n) is 9.76. The van der Waals surface area contributed by atoms with Gasteiger partial charge in [0, 0.05) is 11.1 Å². The molecule has 0 aliphatic rings. The zero-order valence-corrected chi connectivity index (χ0v) is 18.7. The predicted molar refractivity (Wildman–Crippen MR) is 122 cm³/mol. The molecule has 0 radical (unpaired) electrons. The summed E-state index contributed by atoms with van der Waals surface area (Å²) in [6.07, 6.45) is 5.07. The molecule has 0 atom stereocenters. The molecule has 0 spiro atoms. The van der Waals surface area contributed by atoms with Crippen molar-refractivity contribution in [3.63, 3.8) is 0 Å². The van der Waals surface area contributed by atoms with Crippen LogP contribution in [0.5, 0.6) is 5.75 Å². The number of amides is 2. The lowest BCUT2D eigenvalue weighted by Crippen LogP contribution is -2.29. The highest BCUT2D eigenvalue weighted by Gasteiger charge is 2.12. The Morgan fingerprint density at radius 2 is 1.85 bits per heavy atom. The maximum Gasteiger partial charge on any atom is 0.291 e. The Balaban J connectivity index is 1.67. The molecule has 0 fully saturated rings. The zero-order chi connectivity index (χ0) is 23.8. The van der Waals surface area contributed by atoms with Gasteiger partial charge in [-0.3, -0.25) is 14.6 Å². The van der Waals surface area contributed by atoms with E-state index in [1.807, 2.05) is 35.9 Å². The number of hydrazone groups is 1. The molecule has 2 amide bonds. The Morgan fingerprint density at radius 3 is 2.55 bits per heavy atom. The molecule has 11 heteroatoms. The molecule has 170 valence electrons.